The number of urea groups is 1. The highest BCUT2D eigenvalue weighted by Gasteiger charge is 2.35. The van der Waals surface area contributed by atoms with Crippen LogP contribution in [0.3, 0.4) is 0 Å². The Hall–Kier alpha value is -3.72. The molecule has 0 unspecified atom stereocenters. The molecule has 1 heterocycles. The maximum Gasteiger partial charge on any atom is 0.322 e. The topological polar surface area (TPSA) is 80.3 Å². The summed E-state index contributed by atoms with van der Waals surface area (Å²) in [6.07, 6.45) is 2.46. The number of thiophene rings is 1. The first-order valence-electron chi connectivity index (χ1n) is 12.2. The second-order valence-corrected chi connectivity index (χ2v) is 9.88. The smallest absolute Gasteiger partial charge is 0.322 e. The summed E-state index contributed by atoms with van der Waals surface area (Å²) in [7, 11) is 4.81. The Labute approximate surface area is 221 Å². The Kier molecular flexibility index (Phi) is 8.90. The van der Waals surface area contributed by atoms with E-state index in [0.717, 1.165) is 23.3 Å². The van der Waals surface area contributed by atoms with Crippen LogP contribution >= 0.6 is 11.3 Å². The van der Waals surface area contributed by atoms with E-state index in [-0.39, 0.29) is 24.5 Å². The monoisotopic (exact) mass is 523 g/mol. The third-order valence-corrected chi connectivity index (χ3v) is 7.15. The van der Waals surface area contributed by atoms with Gasteiger partial charge in [-0.15, -0.1) is 11.3 Å². The fourth-order valence-electron chi connectivity index (χ4n) is 4.05. The molecule has 0 spiro atoms. The normalized spacial score (nSPS) is 12.5. The standard InChI is InChI=1S/C28H33N3O5S/c1-34-23-11-7-21(8-12-23)29-28(33)31(22-9-10-22)19-27(32)30(18-24-5-4-16-37-24)15-14-20-6-13-25(35-2)26(17-20)36-3/h4-8,11-13,16-17,22H,9-10,14-15,18-19H2,1-3H3,(H,29,33). The van der Waals surface area contributed by atoms with Gasteiger partial charge in [0.25, 0.3) is 0 Å². The van der Waals surface area contributed by atoms with Crippen LogP contribution in [0.2, 0.25) is 0 Å². The van der Waals surface area contributed by atoms with Crippen molar-refractivity contribution in [3.63, 3.8) is 0 Å². The van der Waals surface area contributed by atoms with Crippen LogP contribution in [0, 0.1) is 0 Å². The molecule has 0 radical (unpaired) electrons. The molecule has 1 saturated carbocycles. The molecule has 1 aliphatic carbocycles. The van der Waals surface area contributed by atoms with E-state index in [4.69, 9.17) is 14.2 Å². The van der Waals surface area contributed by atoms with E-state index in [1.165, 1.54) is 0 Å². The number of hydrogen-bond acceptors (Lipinski definition) is 6. The molecular weight excluding hydrogens is 490 g/mol. The number of methoxy groups -OCH3 is 3. The summed E-state index contributed by atoms with van der Waals surface area (Å²) in [5.74, 6) is 1.96. The van der Waals surface area contributed by atoms with Crippen molar-refractivity contribution in [1.82, 2.24) is 9.80 Å². The Morgan fingerprint density at radius 2 is 1.73 bits per heavy atom. The maximum absolute atomic E-state index is 13.5. The van der Waals surface area contributed by atoms with Crippen molar-refractivity contribution in [3.05, 3.63) is 70.4 Å². The van der Waals surface area contributed by atoms with E-state index in [1.807, 2.05) is 40.6 Å². The van der Waals surface area contributed by atoms with E-state index >= 15 is 0 Å². The molecule has 1 aromatic heterocycles. The van der Waals surface area contributed by atoms with Crippen molar-refractivity contribution in [1.29, 1.82) is 0 Å². The SMILES string of the molecule is COc1ccc(NC(=O)N(CC(=O)N(CCc2ccc(OC)c(OC)c2)Cc2cccs2)C2CC2)cc1. The summed E-state index contributed by atoms with van der Waals surface area (Å²) < 4.78 is 15.9. The van der Waals surface area contributed by atoms with Gasteiger partial charge in [-0.05, 0) is 72.7 Å². The first-order chi connectivity index (χ1) is 18.0. The maximum atomic E-state index is 13.5. The summed E-state index contributed by atoms with van der Waals surface area (Å²) in [5, 5.41) is 4.93. The molecule has 196 valence electrons. The molecule has 3 aromatic rings. The summed E-state index contributed by atoms with van der Waals surface area (Å²) in [5.41, 5.74) is 1.70. The molecule has 0 aliphatic heterocycles. The highest BCUT2D eigenvalue weighted by Crippen LogP contribution is 2.29. The van der Waals surface area contributed by atoms with Gasteiger partial charge in [0.05, 0.1) is 27.9 Å². The Balaban J connectivity index is 1.44. The third kappa shape index (κ3) is 7.16. The van der Waals surface area contributed by atoms with Crippen molar-refractivity contribution < 1.29 is 23.8 Å². The van der Waals surface area contributed by atoms with Gasteiger partial charge in [0.15, 0.2) is 11.5 Å². The van der Waals surface area contributed by atoms with Crippen LogP contribution < -0.4 is 19.5 Å². The zero-order valence-corrected chi connectivity index (χ0v) is 22.3. The predicted octanol–water partition coefficient (Wildman–Crippen LogP) is 5.04. The summed E-state index contributed by atoms with van der Waals surface area (Å²) in [6.45, 7) is 1.05. The molecule has 0 bridgehead atoms. The van der Waals surface area contributed by atoms with E-state index in [9.17, 15) is 9.59 Å². The van der Waals surface area contributed by atoms with Gasteiger partial charge < -0.3 is 29.3 Å². The van der Waals surface area contributed by atoms with Crippen LogP contribution in [0.4, 0.5) is 10.5 Å². The van der Waals surface area contributed by atoms with Crippen LogP contribution in [-0.2, 0) is 17.8 Å². The number of nitrogens with one attached hydrogen (secondary N) is 1. The molecule has 0 atom stereocenters. The lowest BCUT2D eigenvalue weighted by Crippen LogP contribution is -2.45. The number of amides is 3. The van der Waals surface area contributed by atoms with E-state index in [1.54, 1.807) is 61.8 Å². The predicted molar refractivity (Wildman–Crippen MR) is 145 cm³/mol. The minimum absolute atomic E-state index is 0.0317. The van der Waals surface area contributed by atoms with Crippen LogP contribution in [-0.4, -0.2) is 62.2 Å². The molecule has 9 heteroatoms. The number of carbonyl (C=O) groups is 2. The van der Waals surface area contributed by atoms with Crippen molar-refractivity contribution >= 4 is 29.0 Å². The zero-order valence-electron chi connectivity index (χ0n) is 21.4. The van der Waals surface area contributed by atoms with Crippen molar-refractivity contribution in [2.24, 2.45) is 0 Å². The van der Waals surface area contributed by atoms with Gasteiger partial charge in [0.2, 0.25) is 5.91 Å². The average Bonchev–Trinajstić information content (AvgIpc) is 3.64. The van der Waals surface area contributed by atoms with E-state index in [2.05, 4.69) is 5.32 Å². The summed E-state index contributed by atoms with van der Waals surface area (Å²) in [6, 6.07) is 16.8. The van der Waals surface area contributed by atoms with Gasteiger partial charge in [0.1, 0.15) is 12.3 Å². The largest absolute Gasteiger partial charge is 0.497 e. The first kappa shape index (κ1) is 26.3. The Bertz CT molecular complexity index is 1180. The van der Waals surface area contributed by atoms with Gasteiger partial charge in [0, 0.05) is 23.2 Å². The molecule has 1 fully saturated rings. The van der Waals surface area contributed by atoms with Gasteiger partial charge in [-0.1, -0.05) is 12.1 Å². The highest BCUT2D eigenvalue weighted by molar-refractivity contribution is 7.09. The first-order valence-corrected chi connectivity index (χ1v) is 13.1. The number of anilines is 1. The lowest BCUT2D eigenvalue weighted by atomic mass is 10.1. The lowest BCUT2D eigenvalue weighted by molar-refractivity contribution is -0.132. The number of rotatable bonds is 12. The fourth-order valence-corrected chi connectivity index (χ4v) is 4.77. The van der Waals surface area contributed by atoms with Crippen LogP contribution in [0.25, 0.3) is 0 Å². The van der Waals surface area contributed by atoms with Gasteiger partial charge in [-0.2, -0.15) is 0 Å². The van der Waals surface area contributed by atoms with E-state index < -0.39 is 0 Å². The number of carbonyl (C=O) groups excluding carboxylic acids is 2. The van der Waals surface area contributed by atoms with Crippen molar-refractivity contribution in [2.45, 2.75) is 31.8 Å². The van der Waals surface area contributed by atoms with Crippen molar-refractivity contribution in [3.8, 4) is 17.2 Å². The molecule has 4 rings (SSSR count). The van der Waals surface area contributed by atoms with Gasteiger partial charge in [-0.3, -0.25) is 4.79 Å². The number of hydrogen-bond donors (Lipinski definition) is 1. The van der Waals surface area contributed by atoms with Gasteiger partial charge in [-0.25, -0.2) is 4.79 Å². The molecular formula is C28H33N3O5S. The van der Waals surface area contributed by atoms with Gasteiger partial charge >= 0.3 is 6.03 Å². The molecule has 37 heavy (non-hydrogen) atoms. The molecule has 8 nitrogen and oxygen atoms in total. The molecule has 0 saturated heterocycles. The highest BCUT2D eigenvalue weighted by atomic mass is 32.1. The quantitative estimate of drug-likeness (QED) is 0.360. The molecule has 3 amide bonds. The number of nitrogens with zero attached hydrogens (tertiary/aromatic N) is 2. The van der Waals surface area contributed by atoms with Crippen LogP contribution in [0.1, 0.15) is 23.3 Å². The molecule has 1 aliphatic rings. The second kappa shape index (κ2) is 12.5. The Morgan fingerprint density at radius 1 is 0.973 bits per heavy atom. The third-order valence-electron chi connectivity index (χ3n) is 6.29. The molecule has 2 aromatic carbocycles. The summed E-state index contributed by atoms with van der Waals surface area (Å²) >= 11 is 1.62. The second-order valence-electron chi connectivity index (χ2n) is 8.85. The lowest BCUT2D eigenvalue weighted by Gasteiger charge is -2.28. The zero-order chi connectivity index (χ0) is 26.2. The number of benzene rings is 2. The minimum Gasteiger partial charge on any atom is -0.497 e. The Morgan fingerprint density at radius 3 is 2.35 bits per heavy atom. The fraction of sp³-hybridized carbons (Fsp3) is 0.357. The average molecular weight is 524 g/mol. The van der Waals surface area contributed by atoms with Crippen molar-refractivity contribution in [2.75, 3.05) is 39.7 Å². The minimum atomic E-state index is -0.267. The summed E-state index contributed by atoms with van der Waals surface area (Å²) in [4.78, 5) is 31.3. The van der Waals surface area contributed by atoms with Crippen LogP contribution in [0.15, 0.2) is 60.0 Å². The van der Waals surface area contributed by atoms with E-state index in [0.29, 0.717) is 42.4 Å². The van der Waals surface area contributed by atoms with Crippen LogP contribution in [0.5, 0.6) is 17.2 Å². The number of ether oxygens (including phenoxy) is 3. The molecule has 1 N–H and O–H groups in total.